The maximum absolute atomic E-state index is 13.1. The largest absolute Gasteiger partial charge is 0.454 e. The molecular weight excluding hydrogens is 378 g/mol. The molecule has 3 rings (SSSR count). The highest BCUT2D eigenvalue weighted by Crippen LogP contribution is 2.36. The SMILES string of the molecule is Cc1c(C)c(C)c(S(=O)(=O)NCC(C)(O)c2ccc3c(c2)OCO3)c(C)c1C. The summed E-state index contributed by atoms with van der Waals surface area (Å²) in [5.74, 6) is 1.15. The Kier molecular flexibility index (Phi) is 5.20. The van der Waals surface area contributed by atoms with E-state index in [4.69, 9.17) is 9.47 Å². The monoisotopic (exact) mass is 405 g/mol. The normalized spacial score (nSPS) is 15.5. The first-order valence-electron chi connectivity index (χ1n) is 9.15. The van der Waals surface area contributed by atoms with Crippen molar-refractivity contribution in [2.75, 3.05) is 13.3 Å². The number of nitrogens with one attached hydrogen (secondary N) is 1. The van der Waals surface area contributed by atoms with Crippen molar-refractivity contribution in [3.05, 3.63) is 51.6 Å². The third kappa shape index (κ3) is 3.50. The van der Waals surface area contributed by atoms with E-state index in [1.165, 1.54) is 0 Å². The van der Waals surface area contributed by atoms with E-state index >= 15 is 0 Å². The predicted octanol–water partition coefficient (Wildman–Crippen LogP) is 3.14. The van der Waals surface area contributed by atoms with Gasteiger partial charge in [0.05, 0.1) is 4.90 Å². The van der Waals surface area contributed by atoms with Crippen LogP contribution in [0.4, 0.5) is 0 Å². The molecule has 1 unspecified atom stereocenters. The molecule has 1 aliphatic heterocycles. The third-order valence-corrected chi connectivity index (χ3v) is 7.48. The Morgan fingerprint density at radius 3 is 2.11 bits per heavy atom. The van der Waals surface area contributed by atoms with Gasteiger partial charge in [-0.1, -0.05) is 6.07 Å². The predicted molar refractivity (Wildman–Crippen MR) is 107 cm³/mol. The molecule has 0 fully saturated rings. The van der Waals surface area contributed by atoms with Crippen LogP contribution in [0.3, 0.4) is 0 Å². The highest BCUT2D eigenvalue weighted by molar-refractivity contribution is 7.89. The van der Waals surface area contributed by atoms with E-state index in [0.717, 1.165) is 27.8 Å². The van der Waals surface area contributed by atoms with Gasteiger partial charge in [-0.15, -0.1) is 0 Å². The second-order valence-corrected chi connectivity index (χ2v) is 9.32. The van der Waals surface area contributed by atoms with Crippen molar-refractivity contribution in [3.63, 3.8) is 0 Å². The molecule has 0 saturated carbocycles. The molecule has 28 heavy (non-hydrogen) atoms. The highest BCUT2D eigenvalue weighted by Gasteiger charge is 2.30. The first-order valence-corrected chi connectivity index (χ1v) is 10.6. The molecule has 0 spiro atoms. The Hall–Kier alpha value is -2.09. The Morgan fingerprint density at radius 1 is 0.964 bits per heavy atom. The lowest BCUT2D eigenvalue weighted by molar-refractivity contribution is 0.0625. The lowest BCUT2D eigenvalue weighted by Crippen LogP contribution is -2.39. The zero-order valence-electron chi connectivity index (χ0n) is 17.1. The molecule has 7 heteroatoms. The minimum atomic E-state index is -3.80. The third-order valence-electron chi connectivity index (χ3n) is 5.80. The summed E-state index contributed by atoms with van der Waals surface area (Å²) in [4.78, 5) is 0.287. The average Bonchev–Trinajstić information content (AvgIpc) is 3.11. The topological polar surface area (TPSA) is 84.9 Å². The lowest BCUT2D eigenvalue weighted by Gasteiger charge is -2.25. The van der Waals surface area contributed by atoms with Gasteiger partial charge >= 0.3 is 0 Å². The van der Waals surface area contributed by atoms with E-state index in [1.807, 2.05) is 34.6 Å². The van der Waals surface area contributed by atoms with Crippen molar-refractivity contribution in [2.45, 2.75) is 52.0 Å². The van der Waals surface area contributed by atoms with Gasteiger partial charge in [0.15, 0.2) is 11.5 Å². The second kappa shape index (κ2) is 7.06. The number of ether oxygens (including phenoxy) is 2. The van der Waals surface area contributed by atoms with Crippen LogP contribution in [0.5, 0.6) is 11.5 Å². The van der Waals surface area contributed by atoms with Crippen molar-refractivity contribution in [3.8, 4) is 11.5 Å². The van der Waals surface area contributed by atoms with Crippen LogP contribution < -0.4 is 14.2 Å². The van der Waals surface area contributed by atoms with E-state index in [1.54, 1.807) is 25.1 Å². The molecule has 2 aromatic rings. The summed E-state index contributed by atoms with van der Waals surface area (Å²) in [6.45, 7) is 11.0. The van der Waals surface area contributed by atoms with Gasteiger partial charge in [-0.3, -0.25) is 0 Å². The molecule has 6 nitrogen and oxygen atoms in total. The second-order valence-electron chi connectivity index (χ2n) is 7.62. The van der Waals surface area contributed by atoms with Gasteiger partial charge in [-0.05, 0) is 87.1 Å². The summed E-state index contributed by atoms with van der Waals surface area (Å²) in [5, 5.41) is 10.9. The van der Waals surface area contributed by atoms with E-state index < -0.39 is 15.6 Å². The number of sulfonamides is 1. The average molecular weight is 406 g/mol. The van der Waals surface area contributed by atoms with Gasteiger partial charge in [0, 0.05) is 6.54 Å². The maximum Gasteiger partial charge on any atom is 0.241 e. The first kappa shape index (κ1) is 20.6. The van der Waals surface area contributed by atoms with Gasteiger partial charge in [-0.2, -0.15) is 0 Å². The van der Waals surface area contributed by atoms with Crippen LogP contribution in [0.1, 0.15) is 40.3 Å². The Labute approximate surface area is 166 Å². The molecule has 0 saturated heterocycles. The minimum absolute atomic E-state index is 0.137. The fraction of sp³-hybridized carbons (Fsp3) is 0.429. The van der Waals surface area contributed by atoms with Gasteiger partial charge < -0.3 is 14.6 Å². The van der Waals surface area contributed by atoms with E-state index in [-0.39, 0.29) is 18.2 Å². The van der Waals surface area contributed by atoms with Gasteiger partial charge in [0.1, 0.15) is 5.60 Å². The van der Waals surface area contributed by atoms with Gasteiger partial charge in [-0.25, -0.2) is 13.1 Å². The molecule has 2 aromatic carbocycles. The van der Waals surface area contributed by atoms with Crippen LogP contribution in [0.15, 0.2) is 23.1 Å². The zero-order valence-corrected chi connectivity index (χ0v) is 18.0. The van der Waals surface area contributed by atoms with Crippen molar-refractivity contribution in [2.24, 2.45) is 0 Å². The van der Waals surface area contributed by atoms with Crippen LogP contribution >= 0.6 is 0 Å². The van der Waals surface area contributed by atoms with Crippen molar-refractivity contribution in [1.29, 1.82) is 0 Å². The molecule has 0 amide bonds. The smallest absolute Gasteiger partial charge is 0.241 e. The maximum atomic E-state index is 13.1. The number of hydrogen-bond donors (Lipinski definition) is 2. The summed E-state index contributed by atoms with van der Waals surface area (Å²) < 4.78 is 39.4. The molecule has 1 heterocycles. The Morgan fingerprint density at radius 2 is 1.50 bits per heavy atom. The summed E-state index contributed by atoms with van der Waals surface area (Å²) in [6.07, 6.45) is 0. The van der Waals surface area contributed by atoms with Crippen molar-refractivity contribution < 1.29 is 23.0 Å². The van der Waals surface area contributed by atoms with Crippen molar-refractivity contribution >= 4 is 10.0 Å². The van der Waals surface area contributed by atoms with Crippen LogP contribution in [0.2, 0.25) is 0 Å². The highest BCUT2D eigenvalue weighted by atomic mass is 32.2. The number of fused-ring (bicyclic) bond motifs is 1. The molecule has 1 aliphatic rings. The van der Waals surface area contributed by atoms with E-state index in [0.29, 0.717) is 17.1 Å². The fourth-order valence-electron chi connectivity index (χ4n) is 3.51. The molecule has 152 valence electrons. The minimum Gasteiger partial charge on any atom is -0.454 e. The van der Waals surface area contributed by atoms with E-state index in [2.05, 4.69) is 4.72 Å². The summed E-state index contributed by atoms with van der Waals surface area (Å²) in [5.41, 5.74) is 3.62. The van der Waals surface area contributed by atoms with Crippen molar-refractivity contribution in [1.82, 2.24) is 4.72 Å². The number of rotatable bonds is 5. The summed E-state index contributed by atoms with van der Waals surface area (Å²) >= 11 is 0. The molecule has 0 radical (unpaired) electrons. The standard InChI is InChI=1S/C21H27NO5S/c1-12-13(2)15(4)20(16(5)14(12)3)28(24,25)22-10-21(6,23)17-7-8-18-19(9-17)27-11-26-18/h7-9,22-23H,10-11H2,1-6H3. The lowest BCUT2D eigenvalue weighted by atomic mass is 9.95. The van der Waals surface area contributed by atoms with Crippen LogP contribution in [0.25, 0.3) is 0 Å². The number of benzene rings is 2. The molecule has 2 N–H and O–H groups in total. The molecule has 0 bridgehead atoms. The Balaban J connectivity index is 1.90. The van der Waals surface area contributed by atoms with E-state index in [9.17, 15) is 13.5 Å². The quantitative estimate of drug-likeness (QED) is 0.798. The number of hydrogen-bond acceptors (Lipinski definition) is 5. The first-order chi connectivity index (χ1) is 13.0. The Bertz CT molecular complexity index is 1010. The van der Waals surface area contributed by atoms with Crippen LogP contribution in [0, 0.1) is 34.6 Å². The summed E-state index contributed by atoms with van der Waals surface area (Å²) in [7, 11) is -3.80. The van der Waals surface area contributed by atoms with Gasteiger partial charge in [0.25, 0.3) is 0 Å². The van der Waals surface area contributed by atoms with Crippen LogP contribution in [-0.2, 0) is 15.6 Å². The molecular formula is C21H27NO5S. The molecule has 1 atom stereocenters. The number of aliphatic hydroxyl groups is 1. The fourth-order valence-corrected chi connectivity index (χ4v) is 5.24. The van der Waals surface area contributed by atoms with Crippen LogP contribution in [-0.4, -0.2) is 26.9 Å². The van der Waals surface area contributed by atoms with Gasteiger partial charge in [0.2, 0.25) is 16.8 Å². The zero-order chi connectivity index (χ0) is 20.9. The summed E-state index contributed by atoms with van der Waals surface area (Å²) in [6, 6.07) is 5.09. The molecule has 0 aromatic heterocycles. The molecule has 0 aliphatic carbocycles.